The van der Waals surface area contributed by atoms with Gasteiger partial charge in [-0.05, 0) is 27.7 Å². The number of aromatic carboxylic acids is 1. The summed E-state index contributed by atoms with van der Waals surface area (Å²) in [5.41, 5.74) is 0.575. The molecule has 5 heteroatoms. The third-order valence-corrected chi connectivity index (χ3v) is 2.78. The molecule has 100 valence electrons. The predicted molar refractivity (Wildman–Crippen MR) is 72.2 cm³/mol. The Morgan fingerprint density at radius 3 is 2.50 bits per heavy atom. The molecule has 1 heterocycles. The smallest absolute Gasteiger partial charge is 0.341 e. The van der Waals surface area contributed by atoms with E-state index in [1.54, 1.807) is 24.7 Å². The van der Waals surface area contributed by atoms with Crippen LogP contribution in [0.25, 0.3) is 0 Å². The zero-order chi connectivity index (χ0) is 14.1. The lowest BCUT2D eigenvalue weighted by molar-refractivity contribution is 0.0696. The Morgan fingerprint density at radius 1 is 1.56 bits per heavy atom. The Hall–Kier alpha value is -1.78. The fourth-order valence-corrected chi connectivity index (χ4v) is 2.01. The van der Waals surface area contributed by atoms with Gasteiger partial charge in [-0.15, -0.1) is 6.58 Å². The van der Waals surface area contributed by atoms with Gasteiger partial charge in [-0.25, -0.2) is 4.79 Å². The first-order valence-corrected chi connectivity index (χ1v) is 5.85. The van der Waals surface area contributed by atoms with E-state index in [1.807, 2.05) is 25.7 Å². The van der Waals surface area contributed by atoms with Gasteiger partial charge in [-0.2, -0.15) is 5.10 Å². The van der Waals surface area contributed by atoms with Gasteiger partial charge in [-0.3, -0.25) is 4.68 Å². The number of hydrogen-bond acceptors (Lipinski definition) is 3. The molecule has 0 fully saturated rings. The monoisotopic (exact) mass is 251 g/mol. The number of aryl methyl sites for hydroxylation is 2. The number of nitrogens with zero attached hydrogens (tertiary/aromatic N) is 3. The maximum Gasteiger partial charge on any atom is 0.341 e. The summed E-state index contributed by atoms with van der Waals surface area (Å²) in [6.07, 6.45) is 1.76. The number of carboxylic acids is 1. The topological polar surface area (TPSA) is 58.4 Å². The van der Waals surface area contributed by atoms with E-state index in [0.29, 0.717) is 18.1 Å². The van der Waals surface area contributed by atoms with Crippen molar-refractivity contribution in [2.45, 2.75) is 33.2 Å². The van der Waals surface area contributed by atoms with E-state index in [-0.39, 0.29) is 11.1 Å². The van der Waals surface area contributed by atoms with Crippen LogP contribution in [0.3, 0.4) is 0 Å². The second kappa shape index (κ2) is 4.84. The Kier molecular flexibility index (Phi) is 3.84. The Morgan fingerprint density at radius 2 is 2.11 bits per heavy atom. The molecule has 0 spiro atoms. The van der Waals surface area contributed by atoms with Crippen molar-refractivity contribution in [1.82, 2.24) is 9.78 Å². The van der Waals surface area contributed by atoms with Gasteiger partial charge < -0.3 is 10.0 Å². The molecule has 0 radical (unpaired) electrons. The van der Waals surface area contributed by atoms with Gasteiger partial charge in [0.25, 0.3) is 0 Å². The summed E-state index contributed by atoms with van der Waals surface area (Å²) in [6, 6.07) is 0. The Labute approximate surface area is 108 Å². The summed E-state index contributed by atoms with van der Waals surface area (Å²) in [5.74, 6) is -0.332. The second-order valence-corrected chi connectivity index (χ2v) is 5.28. The quantitative estimate of drug-likeness (QED) is 0.834. The number of carbonyl (C=O) groups is 1. The van der Waals surface area contributed by atoms with Crippen LogP contribution >= 0.6 is 0 Å². The molecule has 18 heavy (non-hydrogen) atoms. The van der Waals surface area contributed by atoms with Crippen LogP contribution in [0.4, 0.5) is 5.82 Å². The third kappa shape index (κ3) is 2.55. The van der Waals surface area contributed by atoms with Crippen molar-refractivity contribution in [3.05, 3.63) is 23.9 Å². The molecule has 0 saturated heterocycles. The van der Waals surface area contributed by atoms with Crippen molar-refractivity contribution in [1.29, 1.82) is 0 Å². The number of carboxylic acid groups (broad SMARTS) is 1. The number of aromatic nitrogens is 2. The first kappa shape index (κ1) is 14.3. The summed E-state index contributed by atoms with van der Waals surface area (Å²) >= 11 is 0. The van der Waals surface area contributed by atoms with Gasteiger partial charge in [0.15, 0.2) is 0 Å². The average molecular weight is 251 g/mol. The molecule has 0 saturated carbocycles. The van der Waals surface area contributed by atoms with E-state index in [0.717, 1.165) is 0 Å². The number of anilines is 1. The van der Waals surface area contributed by atoms with Crippen LogP contribution in [-0.4, -0.2) is 32.9 Å². The SMILES string of the molecule is C=CCN(c1c(C(=O)O)c(C)nn1C)C(C)(C)C. The summed E-state index contributed by atoms with van der Waals surface area (Å²) in [7, 11) is 1.76. The first-order valence-electron chi connectivity index (χ1n) is 5.85. The minimum absolute atomic E-state index is 0.210. The first-order chi connectivity index (χ1) is 8.20. The Balaban J connectivity index is 3.45. The lowest BCUT2D eigenvalue weighted by Gasteiger charge is -2.37. The molecule has 1 rings (SSSR count). The van der Waals surface area contributed by atoms with E-state index in [1.165, 1.54) is 0 Å². The molecule has 0 unspecified atom stereocenters. The van der Waals surface area contributed by atoms with Crippen molar-refractivity contribution in [2.75, 3.05) is 11.4 Å². The summed E-state index contributed by atoms with van der Waals surface area (Å²) in [6.45, 7) is 12.1. The zero-order valence-corrected chi connectivity index (χ0v) is 11.7. The second-order valence-electron chi connectivity index (χ2n) is 5.28. The maximum atomic E-state index is 11.4. The molecule has 0 bridgehead atoms. The average Bonchev–Trinajstić information content (AvgIpc) is 2.48. The molecule has 1 aromatic heterocycles. The highest BCUT2D eigenvalue weighted by Crippen LogP contribution is 2.29. The van der Waals surface area contributed by atoms with Gasteiger partial charge in [0.1, 0.15) is 11.4 Å². The number of hydrogen-bond donors (Lipinski definition) is 1. The Bertz CT molecular complexity index is 469. The van der Waals surface area contributed by atoms with Crippen molar-refractivity contribution in [3.8, 4) is 0 Å². The van der Waals surface area contributed by atoms with Gasteiger partial charge in [0, 0.05) is 19.1 Å². The summed E-state index contributed by atoms with van der Waals surface area (Å²) < 4.78 is 1.62. The molecule has 0 aromatic carbocycles. The molecule has 1 aromatic rings. The maximum absolute atomic E-state index is 11.4. The highest BCUT2D eigenvalue weighted by molar-refractivity contribution is 5.95. The number of rotatable bonds is 4. The summed E-state index contributed by atoms with van der Waals surface area (Å²) in [5, 5.41) is 13.5. The summed E-state index contributed by atoms with van der Waals surface area (Å²) in [4.78, 5) is 13.4. The molecule has 1 N–H and O–H groups in total. The van der Waals surface area contributed by atoms with Crippen LogP contribution in [0.2, 0.25) is 0 Å². The van der Waals surface area contributed by atoms with E-state index in [4.69, 9.17) is 0 Å². The predicted octanol–water partition coefficient (Wildman–Crippen LogP) is 2.22. The van der Waals surface area contributed by atoms with Crippen molar-refractivity contribution >= 4 is 11.8 Å². The molecule has 0 aliphatic rings. The van der Waals surface area contributed by atoms with Gasteiger partial charge in [0.2, 0.25) is 0 Å². The molecule has 0 aliphatic carbocycles. The van der Waals surface area contributed by atoms with E-state index < -0.39 is 5.97 Å². The molecular weight excluding hydrogens is 230 g/mol. The largest absolute Gasteiger partial charge is 0.477 e. The lowest BCUT2D eigenvalue weighted by atomic mass is 10.0. The van der Waals surface area contributed by atoms with Crippen LogP contribution in [0.15, 0.2) is 12.7 Å². The van der Waals surface area contributed by atoms with Crippen LogP contribution in [0.1, 0.15) is 36.8 Å². The highest BCUT2D eigenvalue weighted by atomic mass is 16.4. The van der Waals surface area contributed by atoms with Crippen LogP contribution in [0, 0.1) is 6.92 Å². The fourth-order valence-electron chi connectivity index (χ4n) is 2.01. The normalized spacial score (nSPS) is 11.4. The zero-order valence-electron chi connectivity index (χ0n) is 11.7. The molecule has 0 aliphatic heterocycles. The standard InChI is InChI=1S/C13H21N3O2/c1-7-8-16(13(3,4)5)11-10(12(17)18)9(2)14-15(11)6/h7H,1,8H2,2-6H3,(H,17,18). The minimum Gasteiger partial charge on any atom is -0.477 e. The fraction of sp³-hybridized carbons (Fsp3) is 0.538. The minimum atomic E-state index is -0.950. The molecular formula is C13H21N3O2. The van der Waals surface area contributed by atoms with Crippen LogP contribution in [-0.2, 0) is 7.05 Å². The van der Waals surface area contributed by atoms with Crippen LogP contribution in [0.5, 0.6) is 0 Å². The molecule has 0 amide bonds. The van der Waals surface area contributed by atoms with Gasteiger partial charge in [0.05, 0.1) is 5.69 Å². The molecule has 5 nitrogen and oxygen atoms in total. The van der Waals surface area contributed by atoms with Crippen molar-refractivity contribution in [2.24, 2.45) is 7.05 Å². The highest BCUT2D eigenvalue weighted by Gasteiger charge is 2.29. The van der Waals surface area contributed by atoms with E-state index >= 15 is 0 Å². The van der Waals surface area contributed by atoms with Gasteiger partial charge in [-0.1, -0.05) is 6.08 Å². The van der Waals surface area contributed by atoms with Gasteiger partial charge >= 0.3 is 5.97 Å². The van der Waals surface area contributed by atoms with Crippen molar-refractivity contribution < 1.29 is 9.90 Å². The molecule has 0 atom stereocenters. The lowest BCUT2D eigenvalue weighted by Crippen LogP contribution is -2.43. The van der Waals surface area contributed by atoms with Crippen LogP contribution < -0.4 is 4.90 Å². The van der Waals surface area contributed by atoms with Crippen molar-refractivity contribution in [3.63, 3.8) is 0 Å². The van der Waals surface area contributed by atoms with E-state index in [9.17, 15) is 9.90 Å². The van der Waals surface area contributed by atoms with E-state index in [2.05, 4.69) is 11.7 Å². The third-order valence-electron chi connectivity index (χ3n) is 2.78.